The summed E-state index contributed by atoms with van der Waals surface area (Å²) in [6, 6.07) is 8.24. The second kappa shape index (κ2) is 13.2. The van der Waals surface area contributed by atoms with Crippen LogP contribution in [0.1, 0.15) is 38.4 Å². The van der Waals surface area contributed by atoms with Gasteiger partial charge in [-0.05, 0) is 49.6 Å². The Morgan fingerprint density at radius 1 is 1.40 bits per heavy atom. The Balaban J connectivity index is 1.60. The molecule has 1 saturated heterocycles. The minimum absolute atomic E-state index is 0.0270. The number of anilines is 1. The highest BCUT2D eigenvalue weighted by Gasteiger charge is 2.28. The van der Waals surface area contributed by atoms with Crippen LogP contribution in [0, 0.1) is 5.82 Å². The van der Waals surface area contributed by atoms with Gasteiger partial charge in [-0.3, -0.25) is 4.79 Å². The number of nitrogens with one attached hydrogen (secondary N) is 2. The van der Waals surface area contributed by atoms with Crippen molar-refractivity contribution in [2.75, 3.05) is 31.7 Å². The number of benzene rings is 1. The quantitative estimate of drug-likeness (QED) is 0.147. The van der Waals surface area contributed by atoms with Crippen molar-refractivity contribution in [1.29, 1.82) is 0 Å². The van der Waals surface area contributed by atoms with Crippen LogP contribution in [0.3, 0.4) is 0 Å². The molecule has 0 bridgehead atoms. The number of amides is 1. The SMILES string of the molecule is CCOC(C(=O)NC(=NN)SC(CC)NC1CCN(c2cccnn2)C1)c1ccc(F)c(OC)c1. The molecule has 35 heavy (non-hydrogen) atoms. The zero-order valence-electron chi connectivity index (χ0n) is 20.1. The van der Waals surface area contributed by atoms with E-state index in [0.717, 1.165) is 31.7 Å². The standard InChI is InChI=1S/C23H32FN7O3S/c1-4-20(27-16-10-12-31(14-16)19-7-6-11-26-30-19)35-23(29-25)28-22(32)21(34-5-2)15-8-9-17(24)18(13-15)33-3/h6-9,11,13,16,20-21,27H,4-5,10,12,14,25H2,1-3H3,(H,28,29,32). The molecule has 1 aromatic heterocycles. The third kappa shape index (κ3) is 7.26. The number of nitrogens with two attached hydrogens (primary N) is 1. The van der Waals surface area contributed by atoms with Crippen molar-refractivity contribution in [3.05, 3.63) is 47.9 Å². The minimum atomic E-state index is -0.977. The van der Waals surface area contributed by atoms with Crippen molar-refractivity contribution >= 4 is 28.7 Å². The van der Waals surface area contributed by atoms with Crippen LogP contribution in [0.15, 0.2) is 41.6 Å². The van der Waals surface area contributed by atoms with E-state index in [9.17, 15) is 9.18 Å². The van der Waals surface area contributed by atoms with Gasteiger partial charge in [-0.25, -0.2) is 4.39 Å². The topological polar surface area (TPSA) is 127 Å². The third-order valence-corrected chi connectivity index (χ3v) is 6.70. The van der Waals surface area contributed by atoms with Crippen molar-refractivity contribution in [2.45, 2.75) is 44.2 Å². The summed E-state index contributed by atoms with van der Waals surface area (Å²) in [5.74, 6) is 5.51. The number of carbonyl (C=O) groups excluding carboxylic acids is 1. The molecule has 1 aromatic carbocycles. The van der Waals surface area contributed by atoms with Gasteiger partial charge >= 0.3 is 0 Å². The maximum atomic E-state index is 13.8. The Bertz CT molecular complexity index is 998. The number of hydrogen-bond donors (Lipinski definition) is 3. The minimum Gasteiger partial charge on any atom is -0.494 e. The summed E-state index contributed by atoms with van der Waals surface area (Å²) in [5.41, 5.74) is 0.462. The fraction of sp³-hybridized carbons (Fsp3) is 0.478. The summed E-state index contributed by atoms with van der Waals surface area (Å²) >= 11 is 1.34. The Labute approximate surface area is 208 Å². The number of methoxy groups -OCH3 is 1. The number of aromatic nitrogens is 2. The maximum absolute atomic E-state index is 13.8. The lowest BCUT2D eigenvalue weighted by atomic mass is 10.1. The van der Waals surface area contributed by atoms with Crippen LogP contribution in [0.5, 0.6) is 5.75 Å². The molecule has 3 rings (SSSR count). The number of nitrogens with zero attached hydrogens (tertiary/aromatic N) is 4. The monoisotopic (exact) mass is 505 g/mol. The average molecular weight is 506 g/mol. The van der Waals surface area contributed by atoms with Gasteiger partial charge in [0.2, 0.25) is 0 Å². The van der Waals surface area contributed by atoms with Gasteiger partial charge in [0.1, 0.15) is 0 Å². The molecule has 0 saturated carbocycles. The first-order chi connectivity index (χ1) is 17.0. The van der Waals surface area contributed by atoms with Crippen LogP contribution >= 0.6 is 11.8 Å². The lowest BCUT2D eigenvalue weighted by Gasteiger charge is -2.23. The number of rotatable bonds is 10. The van der Waals surface area contributed by atoms with Gasteiger partial charge in [-0.15, -0.1) is 5.10 Å². The molecule has 1 aliphatic heterocycles. The zero-order chi connectivity index (χ0) is 25.2. The molecule has 10 nitrogen and oxygen atoms in total. The first-order valence-corrected chi connectivity index (χ1v) is 12.4. The van der Waals surface area contributed by atoms with E-state index in [1.807, 2.05) is 19.1 Å². The Morgan fingerprint density at radius 2 is 2.23 bits per heavy atom. The van der Waals surface area contributed by atoms with Crippen LogP contribution in [0.2, 0.25) is 0 Å². The van der Waals surface area contributed by atoms with Crippen molar-refractivity contribution in [1.82, 2.24) is 20.8 Å². The molecule has 190 valence electrons. The van der Waals surface area contributed by atoms with E-state index in [2.05, 4.69) is 30.8 Å². The molecule has 3 unspecified atom stereocenters. The number of ether oxygens (including phenoxy) is 2. The van der Waals surface area contributed by atoms with Gasteiger partial charge in [0.15, 0.2) is 28.7 Å². The molecular weight excluding hydrogens is 473 g/mol. The van der Waals surface area contributed by atoms with E-state index in [-0.39, 0.29) is 28.9 Å². The molecule has 2 heterocycles. The molecule has 0 radical (unpaired) electrons. The predicted molar refractivity (Wildman–Crippen MR) is 135 cm³/mol. The number of hydrazone groups is 1. The molecule has 3 atom stereocenters. The molecule has 1 amide bonds. The first-order valence-electron chi connectivity index (χ1n) is 11.5. The number of hydrogen-bond acceptors (Lipinski definition) is 10. The molecule has 1 aliphatic rings. The van der Waals surface area contributed by atoms with E-state index in [0.29, 0.717) is 5.56 Å². The van der Waals surface area contributed by atoms with Gasteiger partial charge in [-0.2, -0.15) is 10.2 Å². The van der Waals surface area contributed by atoms with Crippen molar-refractivity contribution < 1.29 is 18.7 Å². The van der Waals surface area contributed by atoms with Gasteiger partial charge in [-0.1, -0.05) is 24.8 Å². The zero-order valence-corrected chi connectivity index (χ0v) is 20.9. The van der Waals surface area contributed by atoms with E-state index >= 15 is 0 Å². The van der Waals surface area contributed by atoms with Gasteiger partial charge in [0, 0.05) is 31.9 Å². The first kappa shape index (κ1) is 26.6. The van der Waals surface area contributed by atoms with Gasteiger partial charge in [0.05, 0.1) is 12.5 Å². The second-order valence-electron chi connectivity index (χ2n) is 7.85. The Hall–Kier alpha value is -2.96. The molecule has 4 N–H and O–H groups in total. The molecular formula is C23H32FN7O3S. The maximum Gasteiger partial charge on any atom is 0.259 e. The summed E-state index contributed by atoms with van der Waals surface area (Å²) in [7, 11) is 1.36. The fourth-order valence-corrected chi connectivity index (χ4v) is 4.71. The largest absolute Gasteiger partial charge is 0.494 e. The van der Waals surface area contributed by atoms with Crippen molar-refractivity contribution in [2.24, 2.45) is 10.9 Å². The van der Waals surface area contributed by atoms with Crippen LogP contribution < -0.4 is 26.1 Å². The Kier molecular flexibility index (Phi) is 10.1. The number of amidine groups is 1. The second-order valence-corrected chi connectivity index (χ2v) is 9.04. The smallest absolute Gasteiger partial charge is 0.259 e. The summed E-state index contributed by atoms with van der Waals surface area (Å²) in [6.45, 7) is 5.78. The molecule has 12 heteroatoms. The summed E-state index contributed by atoms with van der Waals surface area (Å²) in [5, 5.41) is 18.5. The normalized spacial score (nSPS) is 17.8. The predicted octanol–water partition coefficient (Wildman–Crippen LogP) is 2.39. The molecule has 0 aliphatic carbocycles. The number of thioether (sulfide) groups is 1. The van der Waals surface area contributed by atoms with Crippen LogP contribution in [-0.2, 0) is 9.53 Å². The number of halogens is 1. The molecule has 0 spiro atoms. The highest BCUT2D eigenvalue weighted by molar-refractivity contribution is 8.14. The van der Waals surface area contributed by atoms with Crippen molar-refractivity contribution in [3.63, 3.8) is 0 Å². The third-order valence-electron chi connectivity index (χ3n) is 5.51. The summed E-state index contributed by atoms with van der Waals surface area (Å²) < 4.78 is 24.5. The Morgan fingerprint density at radius 3 is 2.89 bits per heavy atom. The van der Waals surface area contributed by atoms with Crippen molar-refractivity contribution in [3.8, 4) is 5.75 Å². The number of carbonyl (C=O) groups is 1. The van der Waals surface area contributed by atoms with Gasteiger partial charge in [0.25, 0.3) is 5.91 Å². The van der Waals surface area contributed by atoms with Crippen LogP contribution in [-0.4, -0.2) is 59.5 Å². The van der Waals surface area contributed by atoms with E-state index < -0.39 is 17.8 Å². The lowest BCUT2D eigenvalue weighted by molar-refractivity contribution is -0.131. The fourth-order valence-electron chi connectivity index (χ4n) is 3.79. The molecule has 2 aromatic rings. The lowest BCUT2D eigenvalue weighted by Crippen LogP contribution is -2.41. The van der Waals surface area contributed by atoms with E-state index in [1.165, 1.54) is 37.1 Å². The highest BCUT2D eigenvalue weighted by Crippen LogP contribution is 2.26. The summed E-state index contributed by atoms with van der Waals surface area (Å²) in [6.07, 6.45) is 2.42. The van der Waals surface area contributed by atoms with Gasteiger partial charge < -0.3 is 30.8 Å². The molecule has 1 fully saturated rings. The van der Waals surface area contributed by atoms with E-state index in [4.69, 9.17) is 15.3 Å². The van der Waals surface area contributed by atoms with Crippen LogP contribution in [0.4, 0.5) is 10.2 Å². The van der Waals surface area contributed by atoms with Crippen LogP contribution in [0.25, 0.3) is 0 Å². The highest BCUT2D eigenvalue weighted by atomic mass is 32.2. The average Bonchev–Trinajstić information content (AvgIpc) is 3.35. The summed E-state index contributed by atoms with van der Waals surface area (Å²) in [4.78, 5) is 15.2. The van der Waals surface area contributed by atoms with E-state index in [1.54, 1.807) is 13.1 Å².